The lowest BCUT2D eigenvalue weighted by atomic mass is 9.95. The van der Waals surface area contributed by atoms with Gasteiger partial charge in [0.05, 0.1) is 0 Å². The number of aryl methyl sites for hydroxylation is 2. The van der Waals surface area contributed by atoms with Crippen LogP contribution in [0.25, 0.3) is 0 Å². The second kappa shape index (κ2) is 3.37. The molecule has 2 nitrogen and oxygen atoms in total. The zero-order valence-corrected chi connectivity index (χ0v) is 8.80. The van der Waals surface area contributed by atoms with Crippen LogP contribution in [0.5, 0.6) is 0 Å². The maximum Gasteiger partial charge on any atom is 0.103 e. The molecule has 1 aliphatic carbocycles. The van der Waals surface area contributed by atoms with Gasteiger partial charge >= 0.3 is 0 Å². The molecular weight excluding hydrogens is 174 g/mol. The maximum atomic E-state index is 10.4. The van der Waals surface area contributed by atoms with E-state index in [0.29, 0.717) is 6.54 Å². The Kier molecular flexibility index (Phi) is 2.33. The van der Waals surface area contributed by atoms with Gasteiger partial charge in [-0.15, -0.1) is 0 Å². The summed E-state index contributed by atoms with van der Waals surface area (Å²) in [5, 5.41) is 13.5. The van der Waals surface area contributed by atoms with Crippen molar-refractivity contribution in [3.8, 4) is 0 Å². The molecule has 14 heavy (non-hydrogen) atoms. The Bertz CT molecular complexity index is 344. The van der Waals surface area contributed by atoms with Gasteiger partial charge in [0.15, 0.2) is 0 Å². The smallest absolute Gasteiger partial charge is 0.103 e. The molecule has 0 aromatic heterocycles. The third kappa shape index (κ3) is 1.45. The fourth-order valence-corrected chi connectivity index (χ4v) is 2.29. The van der Waals surface area contributed by atoms with E-state index in [-0.39, 0.29) is 0 Å². The number of hydrogen-bond acceptors (Lipinski definition) is 2. The Morgan fingerprint density at radius 1 is 1.50 bits per heavy atom. The van der Waals surface area contributed by atoms with Crippen LogP contribution in [0, 0.1) is 6.92 Å². The van der Waals surface area contributed by atoms with E-state index in [0.717, 1.165) is 18.4 Å². The number of rotatable bonds is 2. The predicted octanol–water partition coefficient (Wildman–Crippen LogP) is 1.35. The van der Waals surface area contributed by atoms with E-state index in [1.165, 1.54) is 11.1 Å². The summed E-state index contributed by atoms with van der Waals surface area (Å²) in [6.45, 7) is 2.71. The number of hydrogen-bond donors (Lipinski definition) is 2. The normalized spacial score (nSPS) is 25.1. The summed E-state index contributed by atoms with van der Waals surface area (Å²) in [6, 6.07) is 6.36. The molecule has 76 valence electrons. The summed E-state index contributed by atoms with van der Waals surface area (Å²) < 4.78 is 0. The summed E-state index contributed by atoms with van der Waals surface area (Å²) in [5.41, 5.74) is 3.00. The van der Waals surface area contributed by atoms with Crippen molar-refractivity contribution in [3.63, 3.8) is 0 Å². The van der Waals surface area contributed by atoms with Crippen LogP contribution in [-0.4, -0.2) is 18.7 Å². The Balaban J connectivity index is 2.41. The highest BCUT2D eigenvalue weighted by molar-refractivity contribution is 5.40. The zero-order chi connectivity index (χ0) is 10.2. The number of nitrogens with one attached hydrogen (secondary N) is 1. The number of fused-ring (bicyclic) bond motifs is 1. The van der Waals surface area contributed by atoms with E-state index in [1.807, 2.05) is 7.05 Å². The third-order valence-electron chi connectivity index (χ3n) is 3.04. The molecule has 1 unspecified atom stereocenters. The van der Waals surface area contributed by atoms with E-state index in [4.69, 9.17) is 0 Å². The topological polar surface area (TPSA) is 32.3 Å². The molecule has 0 fully saturated rings. The second-order valence-electron chi connectivity index (χ2n) is 4.22. The first-order valence-electron chi connectivity index (χ1n) is 5.13. The lowest BCUT2D eigenvalue weighted by Gasteiger charge is -2.23. The fourth-order valence-electron chi connectivity index (χ4n) is 2.29. The van der Waals surface area contributed by atoms with Crippen molar-refractivity contribution in [3.05, 3.63) is 34.9 Å². The maximum absolute atomic E-state index is 10.4. The molecule has 2 N–H and O–H groups in total. The molecule has 0 saturated heterocycles. The average Bonchev–Trinajstić information content (AvgIpc) is 2.45. The molecular formula is C12H17NO. The Labute approximate surface area is 85.0 Å². The van der Waals surface area contributed by atoms with Gasteiger partial charge in [-0.25, -0.2) is 0 Å². The minimum atomic E-state index is -0.643. The number of aliphatic hydroxyl groups is 1. The molecule has 0 aliphatic heterocycles. The first-order chi connectivity index (χ1) is 6.65. The van der Waals surface area contributed by atoms with Crippen LogP contribution in [-0.2, 0) is 12.0 Å². The van der Waals surface area contributed by atoms with E-state index >= 15 is 0 Å². The van der Waals surface area contributed by atoms with Crippen molar-refractivity contribution in [1.29, 1.82) is 0 Å². The standard InChI is InChI=1S/C12H17NO/c1-9-3-4-10-5-6-12(14,8-13-2)11(10)7-9/h3-4,7,13-14H,5-6,8H2,1-2H3. The number of benzene rings is 1. The van der Waals surface area contributed by atoms with Crippen LogP contribution in [0.1, 0.15) is 23.1 Å². The second-order valence-corrected chi connectivity index (χ2v) is 4.22. The van der Waals surface area contributed by atoms with E-state index in [1.54, 1.807) is 0 Å². The van der Waals surface area contributed by atoms with Gasteiger partial charge in [-0.1, -0.05) is 23.8 Å². The van der Waals surface area contributed by atoms with Crippen molar-refractivity contribution in [2.75, 3.05) is 13.6 Å². The molecule has 0 heterocycles. The third-order valence-corrected chi connectivity index (χ3v) is 3.04. The SMILES string of the molecule is CNCC1(O)CCc2ccc(C)cc21. The van der Waals surface area contributed by atoms with Crippen molar-refractivity contribution in [2.24, 2.45) is 0 Å². The highest BCUT2D eigenvalue weighted by Crippen LogP contribution is 2.36. The monoisotopic (exact) mass is 191 g/mol. The van der Waals surface area contributed by atoms with Gasteiger partial charge in [-0.2, -0.15) is 0 Å². The lowest BCUT2D eigenvalue weighted by Crippen LogP contribution is -2.34. The van der Waals surface area contributed by atoms with Gasteiger partial charge in [0.1, 0.15) is 5.60 Å². The molecule has 2 rings (SSSR count). The molecule has 1 aliphatic rings. The van der Waals surface area contributed by atoms with E-state index in [2.05, 4.69) is 30.4 Å². The van der Waals surface area contributed by atoms with Crippen molar-refractivity contribution in [2.45, 2.75) is 25.4 Å². The quantitative estimate of drug-likeness (QED) is 0.739. The molecule has 0 spiro atoms. The summed E-state index contributed by atoms with van der Waals surface area (Å²) >= 11 is 0. The van der Waals surface area contributed by atoms with Crippen LogP contribution >= 0.6 is 0 Å². The van der Waals surface area contributed by atoms with Gasteiger partial charge in [-0.3, -0.25) is 0 Å². The molecule has 0 saturated carbocycles. The Morgan fingerprint density at radius 3 is 3.00 bits per heavy atom. The zero-order valence-electron chi connectivity index (χ0n) is 8.80. The van der Waals surface area contributed by atoms with Crippen molar-refractivity contribution in [1.82, 2.24) is 5.32 Å². The van der Waals surface area contributed by atoms with Crippen LogP contribution in [0.2, 0.25) is 0 Å². The van der Waals surface area contributed by atoms with Crippen molar-refractivity contribution >= 4 is 0 Å². The highest BCUT2D eigenvalue weighted by atomic mass is 16.3. The van der Waals surface area contributed by atoms with Gasteiger partial charge < -0.3 is 10.4 Å². The van der Waals surface area contributed by atoms with Crippen LogP contribution in [0.4, 0.5) is 0 Å². The summed E-state index contributed by atoms with van der Waals surface area (Å²) in [6.07, 6.45) is 1.83. The molecule has 1 aromatic carbocycles. The Hall–Kier alpha value is -0.860. The van der Waals surface area contributed by atoms with E-state index < -0.39 is 5.60 Å². The summed E-state index contributed by atoms with van der Waals surface area (Å²) in [5.74, 6) is 0. The molecule has 1 atom stereocenters. The first-order valence-corrected chi connectivity index (χ1v) is 5.13. The highest BCUT2D eigenvalue weighted by Gasteiger charge is 2.35. The predicted molar refractivity (Wildman–Crippen MR) is 57.3 cm³/mol. The minimum absolute atomic E-state index is 0.642. The van der Waals surface area contributed by atoms with Crippen molar-refractivity contribution < 1.29 is 5.11 Å². The number of likely N-dealkylation sites (N-methyl/N-ethyl adjacent to an activating group) is 1. The van der Waals surface area contributed by atoms with E-state index in [9.17, 15) is 5.11 Å². The fraction of sp³-hybridized carbons (Fsp3) is 0.500. The molecule has 0 amide bonds. The average molecular weight is 191 g/mol. The van der Waals surface area contributed by atoms with Crippen LogP contribution in [0.3, 0.4) is 0 Å². The van der Waals surface area contributed by atoms with Gasteiger partial charge in [0.25, 0.3) is 0 Å². The molecule has 2 heteroatoms. The molecule has 0 bridgehead atoms. The van der Waals surface area contributed by atoms with Crippen LogP contribution < -0.4 is 5.32 Å². The molecule has 0 radical (unpaired) electrons. The first kappa shape index (κ1) is 9.69. The largest absolute Gasteiger partial charge is 0.384 e. The Morgan fingerprint density at radius 2 is 2.29 bits per heavy atom. The minimum Gasteiger partial charge on any atom is -0.384 e. The van der Waals surface area contributed by atoms with Crippen LogP contribution in [0.15, 0.2) is 18.2 Å². The lowest BCUT2D eigenvalue weighted by molar-refractivity contribution is 0.0407. The van der Waals surface area contributed by atoms with Gasteiger partial charge in [0, 0.05) is 6.54 Å². The summed E-state index contributed by atoms with van der Waals surface area (Å²) in [4.78, 5) is 0. The van der Waals surface area contributed by atoms with Gasteiger partial charge in [0.2, 0.25) is 0 Å². The summed E-state index contributed by atoms with van der Waals surface area (Å²) in [7, 11) is 1.88. The van der Waals surface area contributed by atoms with Gasteiger partial charge in [-0.05, 0) is 37.9 Å². The molecule has 1 aromatic rings.